The summed E-state index contributed by atoms with van der Waals surface area (Å²) < 4.78 is 0. The van der Waals surface area contributed by atoms with Gasteiger partial charge in [-0.05, 0) is 107 Å². The number of rotatable bonds is 0. The molecule has 2 aliphatic carbocycles. The van der Waals surface area contributed by atoms with Crippen molar-refractivity contribution in [1.29, 1.82) is 0 Å². The van der Waals surface area contributed by atoms with Crippen LogP contribution in [0.5, 0.6) is 0 Å². The topological polar surface area (TPSA) is 0 Å². The Hall–Kier alpha value is -2.08. The Kier molecular flexibility index (Phi) is 2.18. The molecule has 4 rings (SSSR count). The molecule has 0 bridgehead atoms. The first-order valence-electron chi connectivity index (χ1n) is 7.21. The van der Waals surface area contributed by atoms with Crippen molar-refractivity contribution in [1.82, 2.24) is 0 Å². The minimum Gasteiger partial charge on any atom is -0.0551 e. The van der Waals surface area contributed by atoms with E-state index < -0.39 is 0 Å². The summed E-state index contributed by atoms with van der Waals surface area (Å²) in [6, 6.07) is 9.42. The van der Waals surface area contributed by atoms with Crippen molar-refractivity contribution >= 4 is 33.1 Å². The lowest BCUT2D eigenvalue weighted by molar-refractivity contribution is 1.52. The molecule has 0 spiro atoms. The molecule has 2 aromatic rings. The molecule has 0 fully saturated rings. The molecule has 0 radical (unpaired) electrons. The minimum absolute atomic E-state index is 1.35. The van der Waals surface area contributed by atoms with Crippen molar-refractivity contribution in [2.24, 2.45) is 0 Å². The van der Waals surface area contributed by atoms with E-state index in [1.807, 2.05) is 0 Å². The van der Waals surface area contributed by atoms with Crippen molar-refractivity contribution in [3.05, 3.63) is 58.0 Å². The van der Waals surface area contributed by atoms with Gasteiger partial charge in [0.15, 0.2) is 0 Å². The predicted octanol–water partition coefficient (Wildman–Crippen LogP) is 4.01. The van der Waals surface area contributed by atoms with E-state index in [4.69, 9.17) is 0 Å². The van der Waals surface area contributed by atoms with Crippen molar-refractivity contribution in [2.75, 3.05) is 0 Å². The monoisotopic (exact) mass is 258 g/mol. The molecule has 98 valence electrons. The molecular weight excluding hydrogens is 240 g/mol. The summed E-state index contributed by atoms with van der Waals surface area (Å²) in [7, 11) is 0. The first kappa shape index (κ1) is 11.7. The molecule has 0 heteroatoms. The molecule has 0 atom stereocenters. The van der Waals surface area contributed by atoms with Gasteiger partial charge in [-0.3, -0.25) is 0 Å². The number of allylic oxidation sites excluding steroid dienone is 4. The molecule has 0 unspecified atom stereocenters. The van der Waals surface area contributed by atoms with E-state index in [9.17, 15) is 0 Å². The molecule has 0 nitrogen and oxygen atoms in total. The maximum atomic E-state index is 2.36. The average Bonchev–Trinajstić information content (AvgIpc) is 2.84. The van der Waals surface area contributed by atoms with Crippen LogP contribution < -0.4 is 10.4 Å². The molecule has 0 saturated carbocycles. The van der Waals surface area contributed by atoms with Crippen molar-refractivity contribution < 1.29 is 0 Å². The average molecular weight is 258 g/mol. The van der Waals surface area contributed by atoms with Gasteiger partial charge in [-0.1, -0.05) is 12.2 Å². The van der Waals surface area contributed by atoms with Crippen LogP contribution in [0.2, 0.25) is 0 Å². The summed E-state index contributed by atoms with van der Waals surface area (Å²) in [5.41, 5.74) is 8.33. The molecule has 0 heterocycles. The van der Waals surface area contributed by atoms with E-state index in [2.05, 4.69) is 64.1 Å². The zero-order valence-electron chi connectivity index (χ0n) is 12.5. The molecule has 20 heavy (non-hydrogen) atoms. The van der Waals surface area contributed by atoms with Gasteiger partial charge in [-0.25, -0.2) is 0 Å². The van der Waals surface area contributed by atoms with Crippen molar-refractivity contribution in [3.8, 4) is 0 Å². The molecule has 0 aliphatic heterocycles. The van der Waals surface area contributed by atoms with Crippen molar-refractivity contribution in [2.45, 2.75) is 27.7 Å². The van der Waals surface area contributed by atoms with Gasteiger partial charge in [0.05, 0.1) is 0 Å². The van der Waals surface area contributed by atoms with Gasteiger partial charge in [-0.15, -0.1) is 0 Å². The third-order valence-corrected chi connectivity index (χ3v) is 4.68. The maximum Gasteiger partial charge on any atom is -0.0146 e. The van der Waals surface area contributed by atoms with E-state index in [0.29, 0.717) is 0 Å². The zero-order chi connectivity index (χ0) is 14.0. The van der Waals surface area contributed by atoms with Crippen LogP contribution in [-0.2, 0) is 0 Å². The second kappa shape index (κ2) is 3.73. The van der Waals surface area contributed by atoms with Gasteiger partial charge < -0.3 is 0 Å². The predicted molar refractivity (Wildman–Crippen MR) is 88.7 cm³/mol. The molecule has 0 N–H and O–H groups in total. The van der Waals surface area contributed by atoms with E-state index in [-0.39, 0.29) is 0 Å². The van der Waals surface area contributed by atoms with Crippen LogP contribution in [0.3, 0.4) is 0 Å². The number of hydrogen-bond acceptors (Lipinski definition) is 0. The SMILES string of the molecule is CC1=CC(C)=c2cc3cc4c(cc3cc21)=C(C)C=C4C. The summed E-state index contributed by atoms with van der Waals surface area (Å²) in [5.74, 6) is 0. The molecule has 0 amide bonds. The first-order chi connectivity index (χ1) is 9.54. The Morgan fingerprint density at radius 3 is 1.35 bits per heavy atom. The van der Waals surface area contributed by atoms with Crippen molar-refractivity contribution in [3.63, 3.8) is 0 Å². The van der Waals surface area contributed by atoms with Crippen LogP contribution in [0.4, 0.5) is 0 Å². The van der Waals surface area contributed by atoms with Crippen LogP contribution >= 0.6 is 0 Å². The maximum absolute atomic E-state index is 2.36. The van der Waals surface area contributed by atoms with E-state index in [1.54, 1.807) is 0 Å². The van der Waals surface area contributed by atoms with Gasteiger partial charge in [0.1, 0.15) is 0 Å². The largest absolute Gasteiger partial charge is 0.0551 e. The van der Waals surface area contributed by atoms with E-state index in [1.165, 1.54) is 54.6 Å². The fraction of sp³-hybridized carbons (Fsp3) is 0.200. The highest BCUT2D eigenvalue weighted by atomic mass is 14.2. The van der Waals surface area contributed by atoms with Gasteiger partial charge in [0.2, 0.25) is 0 Å². The highest BCUT2D eigenvalue weighted by molar-refractivity contribution is 5.95. The summed E-state index contributed by atoms with van der Waals surface area (Å²) in [4.78, 5) is 0. The van der Waals surface area contributed by atoms with Gasteiger partial charge in [0.25, 0.3) is 0 Å². The summed E-state index contributed by atoms with van der Waals surface area (Å²) in [6.45, 7) is 8.82. The normalized spacial score (nSPS) is 16.4. The van der Waals surface area contributed by atoms with Crippen LogP contribution in [0.15, 0.2) is 36.4 Å². The molecule has 0 aromatic heterocycles. The summed E-state index contributed by atoms with van der Waals surface area (Å²) >= 11 is 0. The number of fused-ring (bicyclic) bond motifs is 3. The van der Waals surface area contributed by atoms with Gasteiger partial charge >= 0.3 is 0 Å². The summed E-state index contributed by atoms with van der Waals surface area (Å²) in [5, 5.41) is 5.50. The van der Waals surface area contributed by atoms with Gasteiger partial charge in [-0.2, -0.15) is 0 Å². The molecule has 2 aliphatic rings. The van der Waals surface area contributed by atoms with E-state index in [0.717, 1.165) is 0 Å². The highest BCUT2D eigenvalue weighted by Crippen LogP contribution is 2.27. The third-order valence-electron chi connectivity index (χ3n) is 4.68. The Morgan fingerprint density at radius 2 is 0.950 bits per heavy atom. The standard InChI is InChI=1S/C20H18/c1-11-5-12(2)18-8-16-10-20-14(4)6-13(3)19(20)9-15(16)7-17(11)18/h5-10H,1-4H3. The smallest absolute Gasteiger partial charge is 0.0146 e. The lowest BCUT2D eigenvalue weighted by Crippen LogP contribution is -2.09. The van der Waals surface area contributed by atoms with Crippen LogP contribution in [-0.4, -0.2) is 0 Å². The molecule has 2 aromatic carbocycles. The Bertz CT molecular complexity index is 882. The number of benzene rings is 2. The van der Waals surface area contributed by atoms with Crippen LogP contribution in [0.25, 0.3) is 33.1 Å². The quantitative estimate of drug-likeness (QED) is 0.669. The van der Waals surface area contributed by atoms with Crippen LogP contribution in [0, 0.1) is 0 Å². The zero-order valence-corrected chi connectivity index (χ0v) is 12.5. The lowest BCUT2D eigenvalue weighted by atomic mass is 9.98. The minimum atomic E-state index is 1.35. The summed E-state index contributed by atoms with van der Waals surface area (Å²) in [6.07, 6.45) is 4.58. The molecule has 0 saturated heterocycles. The lowest BCUT2D eigenvalue weighted by Gasteiger charge is -2.06. The fourth-order valence-corrected chi connectivity index (χ4v) is 3.62. The third kappa shape index (κ3) is 1.42. The Labute approximate surface area is 119 Å². The Balaban J connectivity index is 2.15. The first-order valence-corrected chi connectivity index (χ1v) is 7.21. The second-order valence-electron chi connectivity index (χ2n) is 6.16. The van der Waals surface area contributed by atoms with E-state index >= 15 is 0 Å². The van der Waals surface area contributed by atoms with Crippen LogP contribution in [0.1, 0.15) is 38.8 Å². The second-order valence-corrected chi connectivity index (χ2v) is 6.16. The fourth-order valence-electron chi connectivity index (χ4n) is 3.62. The Morgan fingerprint density at radius 1 is 0.550 bits per heavy atom. The highest BCUT2D eigenvalue weighted by Gasteiger charge is 2.13. The molecular formula is C20H18. The van der Waals surface area contributed by atoms with Gasteiger partial charge in [0, 0.05) is 0 Å². The number of hydrogen-bond donors (Lipinski definition) is 0.